The topological polar surface area (TPSA) is 41.3 Å². The molecule has 2 heterocycles. The lowest BCUT2D eigenvalue weighted by atomic mass is 9.89. The van der Waals surface area contributed by atoms with Gasteiger partial charge in [0.1, 0.15) is 0 Å². The van der Waals surface area contributed by atoms with Crippen molar-refractivity contribution in [3.63, 3.8) is 0 Å². The SMILES string of the molecule is CC(C)(C(NN)c1sccc1Br)N1CCCCC1. The first kappa shape index (κ1) is 14.5. The quantitative estimate of drug-likeness (QED) is 0.657. The third-order valence-electron chi connectivity index (χ3n) is 3.95. The Bertz CT molecular complexity index is 385. The maximum absolute atomic E-state index is 5.83. The Morgan fingerprint density at radius 1 is 1.39 bits per heavy atom. The number of nitrogens with one attached hydrogen (secondary N) is 1. The molecule has 2 rings (SSSR count). The molecule has 18 heavy (non-hydrogen) atoms. The molecule has 1 atom stereocenters. The van der Waals surface area contributed by atoms with E-state index in [4.69, 9.17) is 5.84 Å². The molecule has 1 aliphatic heterocycles. The van der Waals surface area contributed by atoms with Gasteiger partial charge in [-0.1, -0.05) is 6.42 Å². The summed E-state index contributed by atoms with van der Waals surface area (Å²) in [4.78, 5) is 3.85. The highest BCUT2D eigenvalue weighted by Gasteiger charge is 2.37. The van der Waals surface area contributed by atoms with E-state index in [0.717, 1.165) is 4.47 Å². The van der Waals surface area contributed by atoms with Crippen LogP contribution in [0.25, 0.3) is 0 Å². The molecule has 0 aliphatic carbocycles. The fourth-order valence-electron chi connectivity index (χ4n) is 2.76. The zero-order valence-corrected chi connectivity index (χ0v) is 13.5. The van der Waals surface area contributed by atoms with Crippen LogP contribution in [0.4, 0.5) is 0 Å². The molecule has 1 aliphatic rings. The average molecular weight is 332 g/mol. The molecular weight excluding hydrogens is 310 g/mol. The van der Waals surface area contributed by atoms with Crippen molar-refractivity contribution in [1.29, 1.82) is 0 Å². The van der Waals surface area contributed by atoms with E-state index in [1.165, 1.54) is 37.2 Å². The van der Waals surface area contributed by atoms with Gasteiger partial charge >= 0.3 is 0 Å². The van der Waals surface area contributed by atoms with Crippen molar-refractivity contribution in [3.8, 4) is 0 Å². The van der Waals surface area contributed by atoms with E-state index in [9.17, 15) is 0 Å². The molecule has 0 bridgehead atoms. The van der Waals surface area contributed by atoms with E-state index in [0.29, 0.717) is 0 Å². The van der Waals surface area contributed by atoms with Crippen LogP contribution in [0.2, 0.25) is 0 Å². The third kappa shape index (κ3) is 2.80. The molecule has 0 amide bonds. The minimum absolute atomic E-state index is 0.0303. The van der Waals surface area contributed by atoms with Gasteiger partial charge in [-0.05, 0) is 67.2 Å². The summed E-state index contributed by atoms with van der Waals surface area (Å²) < 4.78 is 1.15. The van der Waals surface area contributed by atoms with Gasteiger partial charge in [-0.15, -0.1) is 11.3 Å². The fourth-order valence-corrected chi connectivity index (χ4v) is 4.60. The van der Waals surface area contributed by atoms with Crippen LogP contribution in [0.1, 0.15) is 44.0 Å². The number of hydrazine groups is 1. The number of nitrogens with two attached hydrogens (primary N) is 1. The van der Waals surface area contributed by atoms with Gasteiger partial charge in [0.2, 0.25) is 0 Å². The number of rotatable bonds is 4. The normalized spacial score (nSPS) is 20.0. The smallest absolute Gasteiger partial charge is 0.0742 e. The summed E-state index contributed by atoms with van der Waals surface area (Å²) in [5.74, 6) is 5.83. The summed E-state index contributed by atoms with van der Waals surface area (Å²) in [6.07, 6.45) is 3.95. The number of hydrogen-bond donors (Lipinski definition) is 2. The maximum Gasteiger partial charge on any atom is 0.0742 e. The molecule has 5 heteroatoms. The maximum atomic E-state index is 5.83. The van der Waals surface area contributed by atoms with Crippen LogP contribution < -0.4 is 11.3 Å². The van der Waals surface area contributed by atoms with E-state index < -0.39 is 0 Å². The van der Waals surface area contributed by atoms with E-state index in [2.05, 4.69) is 51.5 Å². The number of likely N-dealkylation sites (tertiary alicyclic amines) is 1. The van der Waals surface area contributed by atoms with Crippen molar-refractivity contribution in [2.24, 2.45) is 5.84 Å². The Hall–Kier alpha value is 0.0600. The molecule has 0 radical (unpaired) electrons. The predicted octanol–water partition coefficient (Wildman–Crippen LogP) is 3.28. The molecule has 0 saturated carbocycles. The van der Waals surface area contributed by atoms with Gasteiger partial charge < -0.3 is 0 Å². The van der Waals surface area contributed by atoms with Crippen molar-refractivity contribution >= 4 is 27.3 Å². The number of thiophene rings is 1. The first-order chi connectivity index (χ1) is 8.57. The first-order valence-corrected chi connectivity index (χ1v) is 8.18. The Balaban J connectivity index is 2.22. The number of hydrogen-bond acceptors (Lipinski definition) is 4. The molecule has 1 saturated heterocycles. The van der Waals surface area contributed by atoms with Crippen LogP contribution >= 0.6 is 27.3 Å². The highest BCUT2D eigenvalue weighted by Crippen LogP contribution is 2.38. The Labute approximate surface area is 122 Å². The van der Waals surface area contributed by atoms with Crippen LogP contribution in [-0.4, -0.2) is 23.5 Å². The molecule has 1 aromatic heterocycles. The second-order valence-corrected chi connectivity index (χ2v) is 7.24. The summed E-state index contributed by atoms with van der Waals surface area (Å²) in [6.45, 7) is 6.92. The van der Waals surface area contributed by atoms with Crippen molar-refractivity contribution in [2.45, 2.75) is 44.7 Å². The summed E-state index contributed by atoms with van der Waals surface area (Å²) in [5.41, 5.74) is 3.05. The molecular formula is C13H22BrN3S. The fraction of sp³-hybridized carbons (Fsp3) is 0.692. The zero-order chi connectivity index (χ0) is 13.2. The van der Waals surface area contributed by atoms with Crippen molar-refractivity contribution in [1.82, 2.24) is 10.3 Å². The molecule has 3 nitrogen and oxygen atoms in total. The summed E-state index contributed by atoms with van der Waals surface area (Å²) in [7, 11) is 0. The molecule has 102 valence electrons. The van der Waals surface area contributed by atoms with Crippen molar-refractivity contribution in [3.05, 3.63) is 20.8 Å². The molecule has 0 spiro atoms. The third-order valence-corrected chi connectivity index (χ3v) is 5.89. The monoisotopic (exact) mass is 331 g/mol. The summed E-state index contributed by atoms with van der Waals surface area (Å²) in [5, 5.41) is 2.11. The van der Waals surface area contributed by atoms with E-state index in [1.54, 1.807) is 11.3 Å². The lowest BCUT2D eigenvalue weighted by Crippen LogP contribution is -2.55. The van der Waals surface area contributed by atoms with Gasteiger partial charge in [0, 0.05) is 14.9 Å². The largest absolute Gasteiger partial charge is 0.296 e. The summed E-state index contributed by atoms with van der Waals surface area (Å²) >= 11 is 5.38. The van der Waals surface area contributed by atoms with Crippen LogP contribution in [0, 0.1) is 0 Å². The predicted molar refractivity (Wildman–Crippen MR) is 81.6 cm³/mol. The van der Waals surface area contributed by atoms with Gasteiger partial charge in [0.15, 0.2) is 0 Å². The van der Waals surface area contributed by atoms with Gasteiger partial charge in [-0.25, -0.2) is 0 Å². The molecule has 1 unspecified atom stereocenters. The van der Waals surface area contributed by atoms with Gasteiger partial charge in [0.25, 0.3) is 0 Å². The molecule has 1 aromatic rings. The second kappa shape index (κ2) is 6.01. The Kier molecular flexibility index (Phi) is 4.83. The van der Waals surface area contributed by atoms with Crippen LogP contribution in [0.3, 0.4) is 0 Å². The minimum atomic E-state index is 0.0303. The highest BCUT2D eigenvalue weighted by molar-refractivity contribution is 9.10. The average Bonchev–Trinajstić information content (AvgIpc) is 2.78. The minimum Gasteiger partial charge on any atom is -0.296 e. The van der Waals surface area contributed by atoms with Crippen molar-refractivity contribution < 1.29 is 0 Å². The zero-order valence-electron chi connectivity index (χ0n) is 11.1. The highest BCUT2D eigenvalue weighted by atomic mass is 79.9. The van der Waals surface area contributed by atoms with Crippen LogP contribution in [-0.2, 0) is 0 Å². The lowest BCUT2D eigenvalue weighted by Gasteiger charge is -2.45. The van der Waals surface area contributed by atoms with Crippen LogP contribution in [0.15, 0.2) is 15.9 Å². The first-order valence-electron chi connectivity index (χ1n) is 6.51. The Morgan fingerprint density at radius 2 is 2.06 bits per heavy atom. The number of piperidine rings is 1. The standard InChI is InChI=1S/C13H22BrN3S/c1-13(2,17-7-4-3-5-8-17)12(16-15)11-10(14)6-9-18-11/h6,9,12,16H,3-5,7-8,15H2,1-2H3. The van der Waals surface area contributed by atoms with Crippen molar-refractivity contribution in [2.75, 3.05) is 13.1 Å². The number of nitrogens with zero attached hydrogens (tertiary/aromatic N) is 1. The van der Waals surface area contributed by atoms with Gasteiger partial charge in [-0.2, -0.15) is 0 Å². The van der Waals surface area contributed by atoms with Gasteiger partial charge in [-0.3, -0.25) is 16.2 Å². The van der Waals surface area contributed by atoms with Gasteiger partial charge in [0.05, 0.1) is 6.04 Å². The second-order valence-electron chi connectivity index (χ2n) is 5.43. The van der Waals surface area contributed by atoms with E-state index >= 15 is 0 Å². The Morgan fingerprint density at radius 3 is 2.56 bits per heavy atom. The van der Waals surface area contributed by atoms with Crippen LogP contribution in [0.5, 0.6) is 0 Å². The molecule has 0 aromatic carbocycles. The lowest BCUT2D eigenvalue weighted by molar-refractivity contribution is 0.0617. The molecule has 1 fully saturated rings. The summed E-state index contributed by atoms with van der Waals surface area (Å²) in [6, 6.07) is 2.25. The number of halogens is 1. The molecule has 3 N–H and O–H groups in total. The van der Waals surface area contributed by atoms with E-state index in [-0.39, 0.29) is 11.6 Å². The van der Waals surface area contributed by atoms with E-state index in [1.807, 2.05) is 0 Å².